The molecule has 1 heterocycles. The molecule has 1 aliphatic heterocycles. The lowest BCUT2D eigenvalue weighted by Gasteiger charge is -2.42. The van der Waals surface area contributed by atoms with Crippen molar-refractivity contribution >= 4 is 0 Å². The van der Waals surface area contributed by atoms with Gasteiger partial charge in [-0.05, 0) is 55.4 Å². The zero-order valence-electron chi connectivity index (χ0n) is 12.0. The molecule has 0 aromatic carbocycles. The monoisotopic (exact) mass is 250 g/mol. The van der Waals surface area contributed by atoms with Crippen LogP contribution in [0.15, 0.2) is 0 Å². The molecule has 3 fully saturated rings. The number of hydrogen-bond acceptors (Lipinski definition) is 2. The minimum Gasteiger partial charge on any atom is -0.330 e. The minimum atomic E-state index is 0.455. The molecule has 2 saturated carbocycles. The van der Waals surface area contributed by atoms with Crippen molar-refractivity contribution in [3.63, 3.8) is 0 Å². The molecular weight excluding hydrogens is 220 g/mol. The van der Waals surface area contributed by atoms with Crippen LogP contribution in [0.4, 0.5) is 0 Å². The SMILES string of the molecule is CC1CCCC(CN)(CN2CC3CCCC3C2)C1. The van der Waals surface area contributed by atoms with E-state index in [2.05, 4.69) is 11.8 Å². The number of nitrogens with two attached hydrogens (primary N) is 1. The molecule has 3 aliphatic rings. The van der Waals surface area contributed by atoms with Gasteiger partial charge in [-0.3, -0.25) is 0 Å². The fraction of sp³-hybridized carbons (Fsp3) is 1.00. The first kappa shape index (κ1) is 12.9. The average Bonchev–Trinajstić information content (AvgIpc) is 2.89. The highest BCUT2D eigenvalue weighted by Gasteiger charge is 2.41. The van der Waals surface area contributed by atoms with Crippen molar-refractivity contribution in [3.05, 3.63) is 0 Å². The second-order valence-electron chi connectivity index (χ2n) is 7.55. The van der Waals surface area contributed by atoms with E-state index in [1.54, 1.807) is 0 Å². The molecule has 4 atom stereocenters. The largest absolute Gasteiger partial charge is 0.330 e. The molecule has 0 amide bonds. The van der Waals surface area contributed by atoms with Crippen LogP contribution >= 0.6 is 0 Å². The van der Waals surface area contributed by atoms with E-state index in [0.29, 0.717) is 5.41 Å². The molecule has 0 aromatic rings. The first-order valence-electron chi connectivity index (χ1n) is 8.13. The minimum absolute atomic E-state index is 0.455. The van der Waals surface area contributed by atoms with Gasteiger partial charge in [0.2, 0.25) is 0 Å². The lowest BCUT2D eigenvalue weighted by Crippen LogP contribution is -2.44. The fourth-order valence-corrected chi connectivity index (χ4v) is 5.10. The Hall–Kier alpha value is -0.0800. The molecule has 0 aromatic heterocycles. The van der Waals surface area contributed by atoms with Crippen LogP contribution < -0.4 is 5.73 Å². The van der Waals surface area contributed by atoms with Gasteiger partial charge in [0.1, 0.15) is 0 Å². The normalized spacial score (nSPS) is 45.3. The summed E-state index contributed by atoms with van der Waals surface area (Å²) in [5, 5.41) is 0. The van der Waals surface area contributed by atoms with Gasteiger partial charge in [0, 0.05) is 19.6 Å². The first-order valence-corrected chi connectivity index (χ1v) is 8.13. The average molecular weight is 250 g/mol. The quantitative estimate of drug-likeness (QED) is 0.834. The summed E-state index contributed by atoms with van der Waals surface area (Å²) in [5.74, 6) is 2.95. The molecule has 104 valence electrons. The molecule has 1 saturated heterocycles. The Morgan fingerprint density at radius 1 is 1.11 bits per heavy atom. The third kappa shape index (κ3) is 2.46. The van der Waals surface area contributed by atoms with Gasteiger partial charge in [-0.15, -0.1) is 0 Å². The summed E-state index contributed by atoms with van der Waals surface area (Å²) in [6.45, 7) is 7.37. The van der Waals surface area contributed by atoms with E-state index >= 15 is 0 Å². The van der Waals surface area contributed by atoms with Crippen LogP contribution in [-0.4, -0.2) is 31.1 Å². The highest BCUT2D eigenvalue weighted by molar-refractivity contribution is 4.94. The zero-order chi connectivity index (χ0) is 12.6. The fourth-order valence-electron chi connectivity index (χ4n) is 5.10. The third-order valence-corrected chi connectivity index (χ3v) is 5.98. The standard InChI is InChI=1S/C16H30N2/c1-13-4-3-7-16(8-13,11-17)12-18-9-14-5-2-6-15(14)10-18/h13-15H,2-12,17H2,1H3. The van der Waals surface area contributed by atoms with Crippen molar-refractivity contribution < 1.29 is 0 Å². The summed E-state index contributed by atoms with van der Waals surface area (Å²) >= 11 is 0. The van der Waals surface area contributed by atoms with Crippen molar-refractivity contribution in [3.8, 4) is 0 Å². The first-order chi connectivity index (χ1) is 8.71. The summed E-state index contributed by atoms with van der Waals surface area (Å²) in [7, 11) is 0. The summed E-state index contributed by atoms with van der Waals surface area (Å²) in [5.41, 5.74) is 6.62. The van der Waals surface area contributed by atoms with Gasteiger partial charge in [-0.1, -0.05) is 26.2 Å². The van der Waals surface area contributed by atoms with Gasteiger partial charge in [-0.2, -0.15) is 0 Å². The van der Waals surface area contributed by atoms with Gasteiger partial charge in [0.25, 0.3) is 0 Å². The molecule has 0 radical (unpaired) electrons. The molecule has 18 heavy (non-hydrogen) atoms. The van der Waals surface area contributed by atoms with E-state index in [4.69, 9.17) is 5.73 Å². The Morgan fingerprint density at radius 3 is 2.44 bits per heavy atom. The van der Waals surface area contributed by atoms with Gasteiger partial charge in [0.05, 0.1) is 0 Å². The summed E-state index contributed by atoms with van der Waals surface area (Å²) in [6.07, 6.45) is 10.0. The van der Waals surface area contributed by atoms with Crippen molar-refractivity contribution in [2.45, 2.75) is 51.9 Å². The van der Waals surface area contributed by atoms with Crippen LogP contribution in [0.1, 0.15) is 51.9 Å². The van der Waals surface area contributed by atoms with E-state index in [9.17, 15) is 0 Å². The van der Waals surface area contributed by atoms with E-state index in [0.717, 1.165) is 24.3 Å². The molecule has 4 unspecified atom stereocenters. The Morgan fingerprint density at radius 2 is 1.83 bits per heavy atom. The van der Waals surface area contributed by atoms with E-state index < -0.39 is 0 Å². The van der Waals surface area contributed by atoms with Crippen LogP contribution in [0, 0.1) is 23.2 Å². The van der Waals surface area contributed by atoms with Crippen LogP contribution in [0.25, 0.3) is 0 Å². The lowest BCUT2D eigenvalue weighted by molar-refractivity contribution is 0.0964. The van der Waals surface area contributed by atoms with Gasteiger partial charge in [-0.25, -0.2) is 0 Å². The molecule has 2 nitrogen and oxygen atoms in total. The molecular formula is C16H30N2. The van der Waals surface area contributed by atoms with Crippen LogP contribution in [0.2, 0.25) is 0 Å². The molecule has 2 N–H and O–H groups in total. The number of hydrogen-bond donors (Lipinski definition) is 1. The number of rotatable bonds is 3. The lowest BCUT2D eigenvalue weighted by atomic mass is 9.70. The van der Waals surface area contributed by atoms with Crippen molar-refractivity contribution in [2.75, 3.05) is 26.2 Å². The maximum atomic E-state index is 6.17. The second-order valence-corrected chi connectivity index (χ2v) is 7.55. The number of likely N-dealkylation sites (tertiary alicyclic amines) is 1. The Balaban J connectivity index is 1.60. The second kappa shape index (κ2) is 5.13. The smallest absolute Gasteiger partial charge is 0.00504 e. The maximum absolute atomic E-state index is 6.17. The van der Waals surface area contributed by atoms with Crippen LogP contribution in [-0.2, 0) is 0 Å². The van der Waals surface area contributed by atoms with E-state index in [1.165, 1.54) is 64.6 Å². The van der Waals surface area contributed by atoms with E-state index in [-0.39, 0.29) is 0 Å². The molecule has 3 rings (SSSR count). The van der Waals surface area contributed by atoms with Gasteiger partial charge >= 0.3 is 0 Å². The molecule has 0 spiro atoms. The predicted octanol–water partition coefficient (Wildman–Crippen LogP) is 2.87. The highest BCUT2D eigenvalue weighted by atomic mass is 15.2. The van der Waals surface area contributed by atoms with Crippen LogP contribution in [0.3, 0.4) is 0 Å². The molecule has 0 bridgehead atoms. The highest BCUT2D eigenvalue weighted by Crippen LogP contribution is 2.43. The topological polar surface area (TPSA) is 29.3 Å². The van der Waals surface area contributed by atoms with E-state index in [1.807, 2.05) is 0 Å². The predicted molar refractivity (Wildman–Crippen MR) is 76.4 cm³/mol. The Kier molecular flexibility index (Phi) is 3.68. The number of nitrogens with zero attached hydrogens (tertiary/aromatic N) is 1. The Bertz CT molecular complexity index is 279. The Labute approximate surface area is 112 Å². The summed E-state index contributed by atoms with van der Waals surface area (Å²) in [4.78, 5) is 2.76. The molecule has 2 heteroatoms. The number of fused-ring (bicyclic) bond motifs is 1. The zero-order valence-corrected chi connectivity index (χ0v) is 12.0. The van der Waals surface area contributed by atoms with Crippen molar-refractivity contribution in [1.82, 2.24) is 4.90 Å². The maximum Gasteiger partial charge on any atom is 0.00504 e. The van der Waals surface area contributed by atoms with Crippen molar-refractivity contribution in [1.29, 1.82) is 0 Å². The summed E-state index contributed by atoms with van der Waals surface area (Å²) in [6, 6.07) is 0. The molecule has 2 aliphatic carbocycles. The summed E-state index contributed by atoms with van der Waals surface area (Å²) < 4.78 is 0. The van der Waals surface area contributed by atoms with Crippen molar-refractivity contribution in [2.24, 2.45) is 28.9 Å². The van der Waals surface area contributed by atoms with Crippen LogP contribution in [0.5, 0.6) is 0 Å². The van der Waals surface area contributed by atoms with Gasteiger partial charge < -0.3 is 10.6 Å². The van der Waals surface area contributed by atoms with Gasteiger partial charge in [0.15, 0.2) is 0 Å². The third-order valence-electron chi connectivity index (χ3n) is 5.98.